The minimum Gasteiger partial charge on any atom is -0.350 e. The zero-order chi connectivity index (χ0) is 14.1. The Morgan fingerprint density at radius 1 is 1.33 bits per heavy atom. The minimum atomic E-state index is -3.42. The lowest BCUT2D eigenvalue weighted by Gasteiger charge is -2.37. The van der Waals surface area contributed by atoms with Gasteiger partial charge in [-0.1, -0.05) is 6.92 Å². The molecule has 1 heterocycles. The third-order valence-corrected chi connectivity index (χ3v) is 6.03. The van der Waals surface area contributed by atoms with Crippen LogP contribution in [0.1, 0.15) is 34.1 Å². The molecule has 6 heteroatoms. The summed E-state index contributed by atoms with van der Waals surface area (Å²) in [6.45, 7) is 7.92. The van der Waals surface area contributed by atoms with E-state index in [1.807, 2.05) is 6.92 Å². The van der Waals surface area contributed by atoms with Crippen LogP contribution in [0.25, 0.3) is 0 Å². The Hall–Kier alpha value is -0.620. The number of nitrogens with one attached hydrogen (secondary N) is 2. The van der Waals surface area contributed by atoms with Gasteiger partial charge in [-0.3, -0.25) is 4.79 Å². The van der Waals surface area contributed by atoms with Crippen LogP contribution in [0, 0.1) is 5.92 Å². The molecule has 0 bridgehead atoms. The third-order valence-electron chi connectivity index (χ3n) is 3.99. The molecule has 0 spiro atoms. The highest BCUT2D eigenvalue weighted by atomic mass is 32.2. The van der Waals surface area contributed by atoms with E-state index in [4.69, 9.17) is 0 Å². The Morgan fingerprint density at radius 2 is 1.89 bits per heavy atom. The van der Waals surface area contributed by atoms with Crippen LogP contribution in [-0.2, 0) is 14.6 Å². The fourth-order valence-electron chi connectivity index (χ4n) is 2.10. The molecule has 106 valence electrons. The van der Waals surface area contributed by atoms with Crippen molar-refractivity contribution in [1.29, 1.82) is 0 Å². The van der Waals surface area contributed by atoms with E-state index in [9.17, 15) is 13.2 Å². The Labute approximate surface area is 110 Å². The van der Waals surface area contributed by atoms with E-state index >= 15 is 0 Å². The highest BCUT2D eigenvalue weighted by Gasteiger charge is 2.41. The summed E-state index contributed by atoms with van der Waals surface area (Å²) < 4.78 is 21.9. The molecule has 3 unspecified atom stereocenters. The standard InChI is InChI=1S/C12H24N2O3S/c1-8-6-7-13-9(2)10(8)14-11(15)12(3,4)18(5,16)17/h8-10,13H,6-7H2,1-5H3,(H,14,15). The van der Waals surface area contributed by atoms with Crippen molar-refractivity contribution in [3.63, 3.8) is 0 Å². The van der Waals surface area contributed by atoms with E-state index in [1.54, 1.807) is 0 Å². The molecule has 0 aromatic heterocycles. The molecule has 0 aromatic carbocycles. The monoisotopic (exact) mass is 276 g/mol. The van der Waals surface area contributed by atoms with Crippen LogP contribution in [0.3, 0.4) is 0 Å². The number of hydrogen-bond acceptors (Lipinski definition) is 4. The zero-order valence-electron chi connectivity index (χ0n) is 11.8. The van der Waals surface area contributed by atoms with Gasteiger partial charge in [0.1, 0.15) is 4.75 Å². The maximum atomic E-state index is 12.2. The topological polar surface area (TPSA) is 75.3 Å². The normalized spacial score (nSPS) is 29.9. The number of sulfone groups is 1. The zero-order valence-corrected chi connectivity index (χ0v) is 12.6. The second kappa shape index (κ2) is 5.17. The van der Waals surface area contributed by atoms with Crippen molar-refractivity contribution in [3.8, 4) is 0 Å². The first-order chi connectivity index (χ1) is 8.07. The molecule has 2 N–H and O–H groups in total. The molecule has 0 saturated carbocycles. The molecule has 0 aliphatic carbocycles. The minimum absolute atomic E-state index is 0.0210. The Kier molecular flexibility index (Phi) is 4.43. The van der Waals surface area contributed by atoms with Gasteiger partial charge in [-0.05, 0) is 39.7 Å². The average molecular weight is 276 g/mol. The molecule has 1 amide bonds. The predicted octanol–water partition coefficient (Wildman–Crippen LogP) is 0.312. The molecule has 1 aliphatic rings. The highest BCUT2D eigenvalue weighted by molar-refractivity contribution is 7.92. The predicted molar refractivity (Wildman–Crippen MR) is 72.1 cm³/mol. The first-order valence-corrected chi connectivity index (χ1v) is 8.20. The Balaban J connectivity index is 2.81. The smallest absolute Gasteiger partial charge is 0.241 e. The lowest BCUT2D eigenvalue weighted by Crippen LogP contribution is -2.60. The number of amides is 1. The van der Waals surface area contributed by atoms with Crippen LogP contribution in [0.4, 0.5) is 0 Å². The average Bonchev–Trinajstić information content (AvgIpc) is 2.21. The van der Waals surface area contributed by atoms with Crippen molar-refractivity contribution in [3.05, 3.63) is 0 Å². The summed E-state index contributed by atoms with van der Waals surface area (Å²) >= 11 is 0. The number of piperidine rings is 1. The largest absolute Gasteiger partial charge is 0.350 e. The van der Waals surface area contributed by atoms with Crippen molar-refractivity contribution < 1.29 is 13.2 Å². The van der Waals surface area contributed by atoms with E-state index in [1.165, 1.54) is 13.8 Å². The number of carbonyl (C=O) groups is 1. The molecule has 1 rings (SSSR count). The highest BCUT2D eigenvalue weighted by Crippen LogP contribution is 2.20. The van der Waals surface area contributed by atoms with Crippen LogP contribution in [0.5, 0.6) is 0 Å². The molecule has 18 heavy (non-hydrogen) atoms. The molecule has 5 nitrogen and oxygen atoms in total. The first-order valence-electron chi connectivity index (χ1n) is 6.31. The summed E-state index contributed by atoms with van der Waals surface area (Å²) in [5, 5.41) is 6.18. The second-order valence-corrected chi connectivity index (χ2v) is 8.36. The fourth-order valence-corrected chi connectivity index (χ4v) is 2.49. The fraction of sp³-hybridized carbons (Fsp3) is 0.917. The quantitative estimate of drug-likeness (QED) is 0.778. The Bertz CT molecular complexity index is 407. The van der Waals surface area contributed by atoms with Crippen molar-refractivity contribution in [2.24, 2.45) is 5.92 Å². The van der Waals surface area contributed by atoms with Gasteiger partial charge in [0.25, 0.3) is 0 Å². The van der Waals surface area contributed by atoms with Crippen LogP contribution < -0.4 is 10.6 Å². The summed E-state index contributed by atoms with van der Waals surface area (Å²) in [5.41, 5.74) is 0. The van der Waals surface area contributed by atoms with Gasteiger partial charge in [0.05, 0.1) is 0 Å². The van der Waals surface area contributed by atoms with Crippen molar-refractivity contribution >= 4 is 15.7 Å². The molecular formula is C12H24N2O3S. The number of carbonyl (C=O) groups excluding carboxylic acids is 1. The molecule has 1 saturated heterocycles. The van der Waals surface area contributed by atoms with Gasteiger partial charge in [-0.2, -0.15) is 0 Å². The van der Waals surface area contributed by atoms with E-state index in [-0.39, 0.29) is 12.1 Å². The maximum Gasteiger partial charge on any atom is 0.241 e. The molecule has 0 radical (unpaired) electrons. The molecule has 0 aromatic rings. The van der Waals surface area contributed by atoms with E-state index in [0.717, 1.165) is 19.2 Å². The van der Waals surface area contributed by atoms with Crippen LogP contribution in [-0.4, -0.2) is 44.0 Å². The lowest BCUT2D eigenvalue weighted by molar-refractivity contribution is -0.124. The number of rotatable bonds is 3. The van der Waals surface area contributed by atoms with Gasteiger partial charge in [-0.15, -0.1) is 0 Å². The SMILES string of the molecule is CC1CCNC(C)C1NC(=O)C(C)(C)S(C)(=O)=O. The summed E-state index contributed by atoms with van der Waals surface area (Å²) in [4.78, 5) is 12.2. The summed E-state index contributed by atoms with van der Waals surface area (Å²) in [5.74, 6) is -0.0713. The van der Waals surface area contributed by atoms with Crippen molar-refractivity contribution in [2.45, 2.75) is 50.9 Å². The van der Waals surface area contributed by atoms with Crippen LogP contribution in [0.2, 0.25) is 0 Å². The summed E-state index contributed by atoms with van der Waals surface area (Å²) in [7, 11) is -3.42. The van der Waals surface area contributed by atoms with E-state index < -0.39 is 20.5 Å². The Morgan fingerprint density at radius 3 is 2.33 bits per heavy atom. The van der Waals surface area contributed by atoms with Gasteiger partial charge < -0.3 is 10.6 Å². The summed E-state index contributed by atoms with van der Waals surface area (Å²) in [6.07, 6.45) is 2.08. The van der Waals surface area contributed by atoms with Crippen LogP contribution >= 0.6 is 0 Å². The molecular weight excluding hydrogens is 252 g/mol. The van der Waals surface area contributed by atoms with Gasteiger partial charge in [0, 0.05) is 18.3 Å². The molecule has 1 fully saturated rings. The van der Waals surface area contributed by atoms with Crippen molar-refractivity contribution in [1.82, 2.24) is 10.6 Å². The number of hydrogen-bond donors (Lipinski definition) is 2. The van der Waals surface area contributed by atoms with Gasteiger partial charge >= 0.3 is 0 Å². The third kappa shape index (κ3) is 3.03. The van der Waals surface area contributed by atoms with E-state index in [0.29, 0.717) is 5.92 Å². The van der Waals surface area contributed by atoms with Gasteiger partial charge in [0.2, 0.25) is 5.91 Å². The first kappa shape index (κ1) is 15.4. The van der Waals surface area contributed by atoms with E-state index in [2.05, 4.69) is 17.6 Å². The van der Waals surface area contributed by atoms with Gasteiger partial charge in [0.15, 0.2) is 9.84 Å². The lowest BCUT2D eigenvalue weighted by atomic mass is 9.89. The second-order valence-electron chi connectivity index (χ2n) is 5.79. The molecule has 1 aliphatic heterocycles. The van der Waals surface area contributed by atoms with Gasteiger partial charge in [-0.25, -0.2) is 8.42 Å². The summed E-state index contributed by atoms with van der Waals surface area (Å²) in [6, 6.07) is 0.139. The van der Waals surface area contributed by atoms with Crippen molar-refractivity contribution in [2.75, 3.05) is 12.8 Å². The maximum absolute atomic E-state index is 12.2. The molecule has 3 atom stereocenters. The van der Waals surface area contributed by atoms with Crippen LogP contribution in [0.15, 0.2) is 0 Å².